The van der Waals surface area contributed by atoms with Crippen LogP contribution in [0.3, 0.4) is 0 Å². The summed E-state index contributed by atoms with van der Waals surface area (Å²) in [6, 6.07) is 15.6. The number of ether oxygens (including phenoxy) is 2. The lowest BCUT2D eigenvalue weighted by atomic mass is 10.1. The predicted octanol–water partition coefficient (Wildman–Crippen LogP) is 4.21. The number of amides is 2. The number of anilines is 2. The summed E-state index contributed by atoms with van der Waals surface area (Å²) in [5.74, 6) is 0.603. The highest BCUT2D eigenvalue weighted by atomic mass is 16.6. The van der Waals surface area contributed by atoms with E-state index in [1.54, 1.807) is 60.9 Å². The first kappa shape index (κ1) is 20.4. The summed E-state index contributed by atoms with van der Waals surface area (Å²) >= 11 is 0. The standard InChI is InChI=1S/C25H20N4O4/c1-15-2-5-18(28-24(30)17-4-7-22-23(13-17)33-11-10-32-22)14-20(15)29-25(31)16-3-6-19-21(12-16)27-9-8-26-19/h2-9,12-14H,10-11H2,1H3,(H,28,30)(H,29,31). The van der Waals surface area contributed by atoms with Gasteiger partial charge in [0.15, 0.2) is 11.5 Å². The molecule has 2 heterocycles. The number of benzene rings is 3. The van der Waals surface area contributed by atoms with E-state index in [2.05, 4.69) is 20.6 Å². The van der Waals surface area contributed by atoms with Crippen molar-refractivity contribution in [3.05, 3.63) is 83.7 Å². The summed E-state index contributed by atoms with van der Waals surface area (Å²) in [5.41, 5.74) is 4.29. The largest absolute Gasteiger partial charge is 0.486 e. The predicted molar refractivity (Wildman–Crippen MR) is 124 cm³/mol. The number of nitrogens with zero attached hydrogens (tertiary/aromatic N) is 2. The molecule has 0 bridgehead atoms. The Kier molecular flexibility index (Phi) is 5.32. The average Bonchev–Trinajstić information content (AvgIpc) is 2.85. The molecule has 0 saturated carbocycles. The molecule has 0 spiro atoms. The van der Waals surface area contributed by atoms with Crippen LogP contribution in [0.4, 0.5) is 11.4 Å². The lowest BCUT2D eigenvalue weighted by Crippen LogP contribution is -2.17. The van der Waals surface area contributed by atoms with Gasteiger partial charge in [-0.2, -0.15) is 0 Å². The summed E-state index contributed by atoms with van der Waals surface area (Å²) < 4.78 is 11.0. The maximum absolute atomic E-state index is 12.8. The molecule has 5 rings (SSSR count). The van der Waals surface area contributed by atoms with E-state index in [9.17, 15) is 9.59 Å². The fraction of sp³-hybridized carbons (Fsp3) is 0.120. The Hall–Kier alpha value is -4.46. The summed E-state index contributed by atoms with van der Waals surface area (Å²) in [4.78, 5) is 34.0. The molecule has 1 aliphatic heterocycles. The number of fused-ring (bicyclic) bond motifs is 2. The van der Waals surface area contributed by atoms with E-state index in [4.69, 9.17) is 9.47 Å². The van der Waals surface area contributed by atoms with Gasteiger partial charge in [-0.3, -0.25) is 19.6 Å². The molecule has 4 aromatic rings. The average molecular weight is 440 g/mol. The van der Waals surface area contributed by atoms with Crippen LogP contribution in [0.15, 0.2) is 67.0 Å². The van der Waals surface area contributed by atoms with Gasteiger partial charge in [-0.05, 0) is 61.0 Å². The van der Waals surface area contributed by atoms with Gasteiger partial charge in [0, 0.05) is 34.9 Å². The number of aryl methyl sites for hydroxylation is 1. The van der Waals surface area contributed by atoms with E-state index < -0.39 is 0 Å². The number of rotatable bonds is 4. The highest BCUT2D eigenvalue weighted by molar-refractivity contribution is 6.07. The van der Waals surface area contributed by atoms with Crippen molar-refractivity contribution in [1.82, 2.24) is 9.97 Å². The molecule has 1 aliphatic rings. The molecule has 0 radical (unpaired) electrons. The van der Waals surface area contributed by atoms with E-state index in [1.165, 1.54) is 0 Å². The zero-order chi connectivity index (χ0) is 22.8. The van der Waals surface area contributed by atoms with Crippen LogP contribution in [0.1, 0.15) is 26.3 Å². The number of hydrogen-bond donors (Lipinski definition) is 2. The Bertz CT molecular complexity index is 1390. The summed E-state index contributed by atoms with van der Waals surface area (Å²) in [6.07, 6.45) is 3.19. The summed E-state index contributed by atoms with van der Waals surface area (Å²) in [5, 5.41) is 5.78. The number of carbonyl (C=O) groups excluding carboxylic acids is 2. The fourth-order valence-electron chi connectivity index (χ4n) is 3.52. The van der Waals surface area contributed by atoms with E-state index >= 15 is 0 Å². The highest BCUT2D eigenvalue weighted by Crippen LogP contribution is 2.31. The van der Waals surface area contributed by atoms with Crippen molar-refractivity contribution in [3.63, 3.8) is 0 Å². The maximum Gasteiger partial charge on any atom is 0.255 e. The third kappa shape index (κ3) is 4.31. The van der Waals surface area contributed by atoms with Gasteiger partial charge >= 0.3 is 0 Å². The highest BCUT2D eigenvalue weighted by Gasteiger charge is 2.16. The van der Waals surface area contributed by atoms with Gasteiger partial charge in [0.05, 0.1) is 11.0 Å². The van der Waals surface area contributed by atoms with Crippen molar-refractivity contribution >= 4 is 34.2 Å². The Morgan fingerprint density at radius 1 is 0.758 bits per heavy atom. The minimum Gasteiger partial charge on any atom is -0.486 e. The van der Waals surface area contributed by atoms with Crippen LogP contribution < -0.4 is 20.1 Å². The van der Waals surface area contributed by atoms with Crippen molar-refractivity contribution in [2.24, 2.45) is 0 Å². The van der Waals surface area contributed by atoms with Crippen molar-refractivity contribution < 1.29 is 19.1 Å². The van der Waals surface area contributed by atoms with E-state index in [0.717, 1.165) is 5.56 Å². The van der Waals surface area contributed by atoms with Crippen LogP contribution in [-0.2, 0) is 0 Å². The first-order chi connectivity index (χ1) is 16.1. The van der Waals surface area contributed by atoms with Crippen molar-refractivity contribution in [2.45, 2.75) is 6.92 Å². The molecule has 3 aromatic carbocycles. The van der Waals surface area contributed by atoms with E-state index in [0.29, 0.717) is 58.2 Å². The summed E-state index contributed by atoms with van der Waals surface area (Å²) in [7, 11) is 0. The van der Waals surface area contributed by atoms with Crippen LogP contribution >= 0.6 is 0 Å². The minimum atomic E-state index is -0.291. The summed E-state index contributed by atoms with van der Waals surface area (Å²) in [6.45, 7) is 2.82. The topological polar surface area (TPSA) is 102 Å². The van der Waals surface area contributed by atoms with Gasteiger partial charge in [0.1, 0.15) is 13.2 Å². The Balaban J connectivity index is 1.33. The Labute approximate surface area is 189 Å². The van der Waals surface area contributed by atoms with Crippen molar-refractivity contribution in [3.8, 4) is 11.5 Å². The second-order valence-corrected chi connectivity index (χ2v) is 7.56. The lowest BCUT2D eigenvalue weighted by molar-refractivity contribution is 0.101. The zero-order valence-electron chi connectivity index (χ0n) is 17.8. The number of nitrogens with one attached hydrogen (secondary N) is 2. The molecular weight excluding hydrogens is 420 g/mol. The van der Waals surface area contributed by atoms with Crippen LogP contribution in [0.5, 0.6) is 11.5 Å². The number of carbonyl (C=O) groups is 2. The molecule has 0 aliphatic carbocycles. The Morgan fingerprint density at radius 3 is 2.30 bits per heavy atom. The molecule has 2 amide bonds. The molecule has 1 aromatic heterocycles. The van der Waals surface area contributed by atoms with Gasteiger partial charge in [-0.1, -0.05) is 6.07 Å². The number of hydrogen-bond acceptors (Lipinski definition) is 6. The molecule has 8 nitrogen and oxygen atoms in total. The molecule has 33 heavy (non-hydrogen) atoms. The van der Waals surface area contributed by atoms with Crippen LogP contribution in [0.25, 0.3) is 11.0 Å². The minimum absolute atomic E-state index is 0.277. The van der Waals surface area contributed by atoms with E-state index in [-0.39, 0.29) is 11.8 Å². The normalized spacial score (nSPS) is 12.3. The quantitative estimate of drug-likeness (QED) is 0.493. The monoisotopic (exact) mass is 440 g/mol. The maximum atomic E-state index is 12.8. The van der Waals surface area contributed by atoms with E-state index in [1.807, 2.05) is 13.0 Å². The second kappa shape index (κ2) is 8.58. The van der Waals surface area contributed by atoms with Gasteiger partial charge in [0.2, 0.25) is 0 Å². The first-order valence-corrected chi connectivity index (χ1v) is 10.4. The molecule has 164 valence electrons. The Morgan fingerprint density at radius 2 is 1.45 bits per heavy atom. The molecule has 0 saturated heterocycles. The van der Waals surface area contributed by atoms with Gasteiger partial charge in [0.25, 0.3) is 11.8 Å². The zero-order valence-corrected chi connectivity index (χ0v) is 17.8. The molecule has 0 atom stereocenters. The molecule has 2 N–H and O–H groups in total. The van der Waals surface area contributed by atoms with Crippen molar-refractivity contribution in [1.29, 1.82) is 0 Å². The molecule has 0 fully saturated rings. The molecule has 0 unspecified atom stereocenters. The van der Waals surface area contributed by atoms with Gasteiger partial charge in [-0.25, -0.2) is 0 Å². The smallest absolute Gasteiger partial charge is 0.255 e. The third-order valence-corrected chi connectivity index (χ3v) is 5.28. The third-order valence-electron chi connectivity index (χ3n) is 5.28. The van der Waals surface area contributed by atoms with Crippen LogP contribution in [-0.4, -0.2) is 35.0 Å². The molecule has 8 heteroatoms. The molecular formula is C25H20N4O4. The van der Waals surface area contributed by atoms with Crippen LogP contribution in [0, 0.1) is 6.92 Å². The lowest BCUT2D eigenvalue weighted by Gasteiger charge is -2.18. The number of aromatic nitrogens is 2. The second-order valence-electron chi connectivity index (χ2n) is 7.56. The van der Waals surface area contributed by atoms with Gasteiger partial charge < -0.3 is 20.1 Å². The first-order valence-electron chi connectivity index (χ1n) is 10.4. The SMILES string of the molecule is Cc1ccc(NC(=O)c2ccc3c(c2)OCCO3)cc1NC(=O)c1ccc2nccnc2c1. The van der Waals surface area contributed by atoms with Crippen LogP contribution in [0.2, 0.25) is 0 Å². The fourth-order valence-corrected chi connectivity index (χ4v) is 3.52. The van der Waals surface area contributed by atoms with Crippen molar-refractivity contribution in [2.75, 3.05) is 23.8 Å². The van der Waals surface area contributed by atoms with Gasteiger partial charge in [-0.15, -0.1) is 0 Å².